The smallest absolute Gasteiger partial charge is 0.327 e. The van der Waals surface area contributed by atoms with Crippen LogP contribution >= 0.6 is 11.6 Å². The molecule has 1 aliphatic heterocycles. The molecule has 9 nitrogen and oxygen atoms in total. The lowest BCUT2D eigenvalue weighted by Crippen LogP contribution is -2.11. The SMILES string of the molecule is C=C1NC(=O)C/C1=C\c1cnn2c(NC3CC3)nc(Oc3ccc(C#N)c(Cl)c3)nc12. The first-order valence-electron chi connectivity index (χ1n) is 9.59. The Balaban J connectivity index is 1.56. The van der Waals surface area contributed by atoms with Crippen LogP contribution in [0.1, 0.15) is 30.4 Å². The number of ether oxygens (including phenoxy) is 1. The number of carbonyl (C=O) groups is 1. The summed E-state index contributed by atoms with van der Waals surface area (Å²) in [6, 6.07) is 7.19. The number of amides is 1. The quantitative estimate of drug-likeness (QED) is 0.632. The van der Waals surface area contributed by atoms with Gasteiger partial charge < -0.3 is 15.4 Å². The molecule has 5 rings (SSSR count). The Hall–Kier alpha value is -3.90. The molecule has 2 N–H and O–H groups in total. The van der Waals surface area contributed by atoms with Crippen LogP contribution in [0.15, 0.2) is 42.2 Å². The maximum Gasteiger partial charge on any atom is 0.327 e. The van der Waals surface area contributed by atoms with Gasteiger partial charge in [0.1, 0.15) is 11.8 Å². The van der Waals surface area contributed by atoms with Crippen LogP contribution in [0.5, 0.6) is 11.8 Å². The predicted molar refractivity (Wildman–Crippen MR) is 114 cm³/mol. The van der Waals surface area contributed by atoms with Gasteiger partial charge in [0.05, 0.1) is 23.2 Å². The van der Waals surface area contributed by atoms with E-state index >= 15 is 0 Å². The number of benzene rings is 1. The number of allylic oxidation sites excluding steroid dienone is 1. The monoisotopic (exact) mass is 433 g/mol. The maximum atomic E-state index is 11.6. The van der Waals surface area contributed by atoms with E-state index in [2.05, 4.69) is 32.3 Å². The molecular formula is C21H16ClN7O2. The molecule has 2 fully saturated rings. The van der Waals surface area contributed by atoms with Crippen molar-refractivity contribution in [2.24, 2.45) is 0 Å². The number of halogens is 1. The number of nitrogens with zero attached hydrogens (tertiary/aromatic N) is 5. The fourth-order valence-corrected chi connectivity index (χ4v) is 3.39. The minimum atomic E-state index is -0.0971. The third-order valence-electron chi connectivity index (χ3n) is 4.91. The van der Waals surface area contributed by atoms with Gasteiger partial charge >= 0.3 is 6.01 Å². The highest BCUT2D eigenvalue weighted by Crippen LogP contribution is 2.30. The molecular weight excluding hydrogens is 418 g/mol. The third kappa shape index (κ3) is 3.81. The Morgan fingerprint density at radius 3 is 2.90 bits per heavy atom. The zero-order valence-corrected chi connectivity index (χ0v) is 17.0. The van der Waals surface area contributed by atoms with E-state index in [9.17, 15) is 4.79 Å². The molecule has 2 aromatic heterocycles. The molecule has 10 heteroatoms. The van der Waals surface area contributed by atoms with Crippen LogP contribution in [0, 0.1) is 11.3 Å². The summed E-state index contributed by atoms with van der Waals surface area (Å²) in [4.78, 5) is 20.6. The van der Waals surface area contributed by atoms with E-state index in [-0.39, 0.29) is 23.4 Å². The van der Waals surface area contributed by atoms with Crippen molar-refractivity contribution in [1.29, 1.82) is 5.26 Å². The molecule has 0 spiro atoms. The maximum absolute atomic E-state index is 11.6. The average Bonchev–Trinajstić information content (AvgIpc) is 3.37. The first-order valence-corrected chi connectivity index (χ1v) is 9.97. The number of aromatic nitrogens is 4. The normalized spacial score (nSPS) is 17.1. The predicted octanol–water partition coefficient (Wildman–Crippen LogP) is 3.43. The molecule has 31 heavy (non-hydrogen) atoms. The fourth-order valence-electron chi connectivity index (χ4n) is 3.18. The summed E-state index contributed by atoms with van der Waals surface area (Å²) in [5.41, 5.74) is 2.92. The highest BCUT2D eigenvalue weighted by molar-refractivity contribution is 6.31. The van der Waals surface area contributed by atoms with E-state index in [0.717, 1.165) is 18.4 Å². The van der Waals surface area contributed by atoms with E-state index in [1.807, 2.05) is 12.1 Å². The van der Waals surface area contributed by atoms with Crippen LogP contribution in [-0.4, -0.2) is 31.5 Å². The van der Waals surface area contributed by atoms with E-state index < -0.39 is 0 Å². The molecule has 1 aliphatic carbocycles. The molecule has 0 bridgehead atoms. The fraction of sp³-hybridized carbons (Fsp3) is 0.190. The number of nitriles is 1. The van der Waals surface area contributed by atoms with Gasteiger partial charge in [0.2, 0.25) is 11.9 Å². The van der Waals surface area contributed by atoms with E-state index in [0.29, 0.717) is 40.2 Å². The molecule has 1 amide bonds. The van der Waals surface area contributed by atoms with Crippen LogP contribution in [0.2, 0.25) is 5.02 Å². The minimum absolute atomic E-state index is 0.0971. The van der Waals surface area contributed by atoms with E-state index in [1.165, 1.54) is 0 Å². The van der Waals surface area contributed by atoms with Crippen molar-refractivity contribution in [3.05, 3.63) is 58.4 Å². The van der Waals surface area contributed by atoms with Gasteiger partial charge in [-0.2, -0.15) is 24.8 Å². The molecule has 1 saturated carbocycles. The molecule has 3 heterocycles. The van der Waals surface area contributed by atoms with Gasteiger partial charge in [0, 0.05) is 23.4 Å². The lowest BCUT2D eigenvalue weighted by Gasteiger charge is -2.10. The van der Waals surface area contributed by atoms with Crippen molar-refractivity contribution < 1.29 is 9.53 Å². The van der Waals surface area contributed by atoms with Crippen molar-refractivity contribution in [2.75, 3.05) is 5.32 Å². The van der Waals surface area contributed by atoms with Crippen molar-refractivity contribution in [2.45, 2.75) is 25.3 Å². The van der Waals surface area contributed by atoms with E-state index in [4.69, 9.17) is 21.6 Å². The highest BCUT2D eigenvalue weighted by Gasteiger charge is 2.25. The summed E-state index contributed by atoms with van der Waals surface area (Å²) in [6.07, 6.45) is 5.85. The summed E-state index contributed by atoms with van der Waals surface area (Å²) in [6.45, 7) is 3.87. The van der Waals surface area contributed by atoms with Gasteiger partial charge in [-0.25, -0.2) is 0 Å². The topological polar surface area (TPSA) is 117 Å². The number of nitrogens with one attached hydrogen (secondary N) is 2. The van der Waals surface area contributed by atoms with Gasteiger partial charge in [-0.05, 0) is 36.6 Å². The summed E-state index contributed by atoms with van der Waals surface area (Å²) in [5, 5.41) is 19.8. The molecule has 1 aromatic carbocycles. The number of carbonyl (C=O) groups excluding carboxylic acids is 1. The summed E-state index contributed by atoms with van der Waals surface area (Å²) in [5.74, 6) is 0.815. The van der Waals surface area contributed by atoms with Crippen molar-refractivity contribution in [3.63, 3.8) is 0 Å². The number of hydrogen-bond acceptors (Lipinski definition) is 7. The molecule has 0 atom stereocenters. The van der Waals surface area contributed by atoms with Crippen LogP contribution in [-0.2, 0) is 4.79 Å². The summed E-state index contributed by atoms with van der Waals surface area (Å²) in [7, 11) is 0. The molecule has 3 aromatic rings. The minimum Gasteiger partial charge on any atom is -0.424 e. The highest BCUT2D eigenvalue weighted by atomic mass is 35.5. The summed E-state index contributed by atoms with van der Waals surface area (Å²) < 4.78 is 7.45. The number of rotatable bonds is 5. The Bertz CT molecular complexity index is 1320. The Morgan fingerprint density at radius 2 is 2.23 bits per heavy atom. The molecule has 0 unspecified atom stereocenters. The lowest BCUT2D eigenvalue weighted by atomic mass is 10.1. The van der Waals surface area contributed by atoms with Crippen LogP contribution < -0.4 is 15.4 Å². The first-order chi connectivity index (χ1) is 15.0. The Labute approximate surface area is 182 Å². The lowest BCUT2D eigenvalue weighted by molar-refractivity contribution is -0.118. The average molecular weight is 434 g/mol. The second-order valence-corrected chi connectivity index (χ2v) is 7.72. The largest absolute Gasteiger partial charge is 0.424 e. The third-order valence-corrected chi connectivity index (χ3v) is 5.23. The zero-order valence-electron chi connectivity index (χ0n) is 16.2. The standard InChI is InChI=1S/C21H16ClN7O2/c1-11-13(7-18(30)25-11)6-14-10-24-29-19(14)27-21(28-20(29)26-15-3-4-15)31-16-5-2-12(9-23)17(22)8-16/h2,5-6,8,10,15H,1,3-4,7H2,(H,25,30)(H,26,27,28)/b13-6+. The Morgan fingerprint density at radius 1 is 1.39 bits per heavy atom. The molecule has 0 radical (unpaired) electrons. The second-order valence-electron chi connectivity index (χ2n) is 7.31. The van der Waals surface area contributed by atoms with Gasteiger partial charge in [0.15, 0.2) is 5.65 Å². The zero-order chi connectivity index (χ0) is 21.5. The van der Waals surface area contributed by atoms with Crippen molar-refractivity contribution in [1.82, 2.24) is 24.9 Å². The van der Waals surface area contributed by atoms with Gasteiger partial charge in [-0.1, -0.05) is 18.2 Å². The second kappa shape index (κ2) is 7.41. The summed E-state index contributed by atoms with van der Waals surface area (Å²) >= 11 is 6.11. The van der Waals surface area contributed by atoms with E-state index in [1.54, 1.807) is 28.9 Å². The molecule has 2 aliphatic rings. The first kappa shape index (κ1) is 19.1. The van der Waals surface area contributed by atoms with Gasteiger partial charge in [-0.3, -0.25) is 4.79 Å². The van der Waals surface area contributed by atoms with Gasteiger partial charge in [-0.15, -0.1) is 0 Å². The number of fused-ring (bicyclic) bond motifs is 1. The van der Waals surface area contributed by atoms with Crippen LogP contribution in [0.4, 0.5) is 5.95 Å². The molecule has 154 valence electrons. The van der Waals surface area contributed by atoms with Crippen LogP contribution in [0.3, 0.4) is 0 Å². The van der Waals surface area contributed by atoms with Gasteiger partial charge in [0.25, 0.3) is 0 Å². The number of anilines is 1. The van der Waals surface area contributed by atoms with Crippen LogP contribution in [0.25, 0.3) is 11.7 Å². The van der Waals surface area contributed by atoms with Crippen molar-refractivity contribution >= 4 is 35.2 Å². The number of hydrogen-bond donors (Lipinski definition) is 2. The Kier molecular flexibility index (Phi) is 4.56. The van der Waals surface area contributed by atoms with Crippen molar-refractivity contribution in [3.8, 4) is 17.8 Å². The molecule has 1 saturated heterocycles.